The Morgan fingerprint density at radius 3 is 2.94 bits per heavy atom. The topological polar surface area (TPSA) is 48.4 Å². The zero-order valence-corrected chi connectivity index (χ0v) is 11.1. The van der Waals surface area contributed by atoms with Crippen LogP contribution in [0.25, 0.3) is 0 Å². The quantitative estimate of drug-likeness (QED) is 0.791. The highest BCUT2D eigenvalue weighted by molar-refractivity contribution is 7.09. The molecular formula is C12H10ClNO3S. The number of hydrogen-bond acceptors (Lipinski definition) is 5. The molecule has 0 spiro atoms. The van der Waals surface area contributed by atoms with E-state index in [4.69, 9.17) is 21.1 Å². The second-order valence-electron chi connectivity index (χ2n) is 3.40. The van der Waals surface area contributed by atoms with Crippen LogP contribution in [0, 0.1) is 0 Å². The first kappa shape index (κ1) is 12.9. The first-order valence-electron chi connectivity index (χ1n) is 5.07. The van der Waals surface area contributed by atoms with Crippen LogP contribution in [-0.2, 0) is 6.61 Å². The van der Waals surface area contributed by atoms with E-state index >= 15 is 0 Å². The lowest BCUT2D eigenvalue weighted by Gasteiger charge is -2.12. The fourth-order valence-corrected chi connectivity index (χ4v) is 2.16. The maximum Gasteiger partial charge on any atom is 0.172 e. The molecular weight excluding hydrogens is 274 g/mol. The first-order valence-corrected chi connectivity index (χ1v) is 6.33. The Morgan fingerprint density at radius 1 is 1.50 bits per heavy atom. The van der Waals surface area contributed by atoms with Crippen molar-refractivity contribution in [3.05, 3.63) is 39.3 Å². The summed E-state index contributed by atoms with van der Waals surface area (Å²) in [5, 5.41) is 0.430. The average molecular weight is 284 g/mol. The van der Waals surface area contributed by atoms with Gasteiger partial charge in [-0.25, -0.2) is 0 Å². The lowest BCUT2D eigenvalue weighted by molar-refractivity contribution is 0.111. The Labute approximate surface area is 113 Å². The zero-order chi connectivity index (χ0) is 13.0. The lowest BCUT2D eigenvalue weighted by atomic mass is 10.2. The molecule has 0 fully saturated rings. The second-order valence-corrected chi connectivity index (χ2v) is 4.81. The Kier molecular flexibility index (Phi) is 4.17. The molecule has 18 heavy (non-hydrogen) atoms. The summed E-state index contributed by atoms with van der Waals surface area (Å²) in [6, 6.07) is 3.15. The average Bonchev–Trinajstić information content (AvgIpc) is 2.89. The molecule has 0 atom stereocenters. The number of benzene rings is 1. The molecule has 1 aromatic carbocycles. The smallest absolute Gasteiger partial charge is 0.172 e. The van der Waals surface area contributed by atoms with E-state index in [0.29, 0.717) is 35.0 Å². The van der Waals surface area contributed by atoms with Crippen LogP contribution >= 0.6 is 22.9 Å². The Bertz CT molecular complexity index is 543. The molecule has 1 heterocycles. The molecule has 0 bridgehead atoms. The summed E-state index contributed by atoms with van der Waals surface area (Å²) >= 11 is 7.36. The molecule has 4 nitrogen and oxygen atoms in total. The normalized spacial score (nSPS) is 10.1. The molecule has 0 amide bonds. The zero-order valence-electron chi connectivity index (χ0n) is 9.55. The van der Waals surface area contributed by atoms with Gasteiger partial charge in [0.2, 0.25) is 0 Å². The summed E-state index contributed by atoms with van der Waals surface area (Å²) in [7, 11) is 1.50. The van der Waals surface area contributed by atoms with Gasteiger partial charge in [0.25, 0.3) is 0 Å². The summed E-state index contributed by atoms with van der Waals surface area (Å²) in [4.78, 5) is 15.9. The van der Waals surface area contributed by atoms with Crippen LogP contribution in [0.4, 0.5) is 0 Å². The number of aromatic nitrogens is 1. The number of thiazole rings is 1. The Balaban J connectivity index is 2.27. The van der Waals surface area contributed by atoms with Crippen LogP contribution in [0.2, 0.25) is 5.02 Å². The third kappa shape index (κ3) is 2.80. The maximum absolute atomic E-state index is 11.0. The predicted molar refractivity (Wildman–Crippen MR) is 69.8 cm³/mol. The van der Waals surface area contributed by atoms with E-state index in [2.05, 4.69) is 4.98 Å². The fraction of sp³-hybridized carbons (Fsp3) is 0.167. The molecule has 0 unspecified atom stereocenters. The van der Waals surface area contributed by atoms with Crippen molar-refractivity contribution in [2.45, 2.75) is 6.61 Å². The summed E-state index contributed by atoms with van der Waals surface area (Å²) < 4.78 is 10.8. The van der Waals surface area contributed by atoms with E-state index in [9.17, 15) is 4.79 Å². The van der Waals surface area contributed by atoms with Crippen molar-refractivity contribution in [2.75, 3.05) is 7.11 Å². The number of ether oxygens (including phenoxy) is 2. The first-order chi connectivity index (χ1) is 8.74. The summed E-state index contributed by atoms with van der Waals surface area (Å²) in [5.74, 6) is 0.833. The molecule has 0 saturated heterocycles. The van der Waals surface area contributed by atoms with Crippen molar-refractivity contribution in [3.8, 4) is 11.5 Å². The Hall–Kier alpha value is -1.59. The third-order valence-corrected chi connectivity index (χ3v) is 3.21. The molecule has 2 rings (SSSR count). The maximum atomic E-state index is 11.0. The number of aldehydes is 1. The molecule has 2 aromatic rings. The van der Waals surface area contributed by atoms with Gasteiger partial charge in [-0.2, -0.15) is 0 Å². The lowest BCUT2D eigenvalue weighted by Crippen LogP contribution is -2.00. The SMILES string of the molecule is COc1cc(Cl)cc(C=O)c1OCc1cncs1. The molecule has 0 radical (unpaired) electrons. The monoisotopic (exact) mass is 283 g/mol. The van der Waals surface area contributed by atoms with Crippen LogP contribution in [0.3, 0.4) is 0 Å². The number of halogens is 1. The van der Waals surface area contributed by atoms with Crippen LogP contribution in [0.5, 0.6) is 11.5 Å². The summed E-state index contributed by atoms with van der Waals surface area (Å²) in [6.45, 7) is 0.337. The fourth-order valence-electron chi connectivity index (χ4n) is 1.44. The van der Waals surface area contributed by atoms with Crippen LogP contribution in [-0.4, -0.2) is 18.4 Å². The van der Waals surface area contributed by atoms with Gasteiger partial charge in [-0.15, -0.1) is 11.3 Å². The van der Waals surface area contributed by atoms with Gasteiger partial charge >= 0.3 is 0 Å². The minimum absolute atomic E-state index is 0.337. The highest BCUT2D eigenvalue weighted by Crippen LogP contribution is 2.34. The molecule has 0 aliphatic heterocycles. The van der Waals surface area contributed by atoms with E-state index in [1.807, 2.05) is 0 Å². The van der Waals surface area contributed by atoms with Crippen LogP contribution in [0.15, 0.2) is 23.8 Å². The second kappa shape index (κ2) is 5.84. The standard InChI is InChI=1S/C12H10ClNO3S/c1-16-11-3-9(13)2-8(5-15)12(11)17-6-10-4-14-7-18-10/h2-5,7H,6H2,1H3. The van der Waals surface area contributed by atoms with E-state index in [0.717, 1.165) is 4.88 Å². The minimum atomic E-state index is 0.337. The highest BCUT2D eigenvalue weighted by Gasteiger charge is 2.12. The molecule has 0 aliphatic carbocycles. The Morgan fingerprint density at radius 2 is 2.33 bits per heavy atom. The number of carbonyl (C=O) groups excluding carboxylic acids is 1. The van der Waals surface area contributed by atoms with Crippen molar-refractivity contribution in [1.82, 2.24) is 4.98 Å². The van der Waals surface area contributed by atoms with Crippen molar-refractivity contribution in [3.63, 3.8) is 0 Å². The largest absolute Gasteiger partial charge is 0.493 e. The number of hydrogen-bond donors (Lipinski definition) is 0. The van der Waals surface area contributed by atoms with Gasteiger partial charge in [0.15, 0.2) is 17.8 Å². The molecule has 0 N–H and O–H groups in total. The van der Waals surface area contributed by atoms with Gasteiger partial charge in [0.05, 0.1) is 23.1 Å². The highest BCUT2D eigenvalue weighted by atomic mass is 35.5. The van der Waals surface area contributed by atoms with Gasteiger partial charge in [0, 0.05) is 17.3 Å². The summed E-state index contributed by atoms with van der Waals surface area (Å²) in [5.41, 5.74) is 2.09. The number of nitrogens with zero attached hydrogens (tertiary/aromatic N) is 1. The van der Waals surface area contributed by atoms with Gasteiger partial charge in [-0.3, -0.25) is 9.78 Å². The molecule has 0 aliphatic rings. The van der Waals surface area contributed by atoms with Crippen molar-refractivity contribution >= 4 is 29.2 Å². The number of rotatable bonds is 5. The van der Waals surface area contributed by atoms with Crippen molar-refractivity contribution < 1.29 is 14.3 Å². The summed E-state index contributed by atoms with van der Waals surface area (Å²) in [6.07, 6.45) is 2.41. The van der Waals surface area contributed by atoms with Gasteiger partial charge in [-0.05, 0) is 6.07 Å². The number of carbonyl (C=O) groups is 1. The molecule has 94 valence electrons. The van der Waals surface area contributed by atoms with E-state index in [1.54, 1.807) is 23.8 Å². The number of methoxy groups -OCH3 is 1. The molecule has 1 aromatic heterocycles. The van der Waals surface area contributed by atoms with Crippen LogP contribution < -0.4 is 9.47 Å². The molecule has 6 heteroatoms. The third-order valence-electron chi connectivity index (χ3n) is 2.24. The van der Waals surface area contributed by atoms with Crippen molar-refractivity contribution in [2.24, 2.45) is 0 Å². The van der Waals surface area contributed by atoms with E-state index in [-0.39, 0.29) is 0 Å². The minimum Gasteiger partial charge on any atom is -0.493 e. The van der Waals surface area contributed by atoms with Gasteiger partial charge in [-0.1, -0.05) is 11.6 Å². The van der Waals surface area contributed by atoms with Crippen molar-refractivity contribution in [1.29, 1.82) is 0 Å². The predicted octanol–water partition coefficient (Wildman–Crippen LogP) is 3.20. The van der Waals surface area contributed by atoms with Gasteiger partial charge < -0.3 is 9.47 Å². The van der Waals surface area contributed by atoms with Crippen LogP contribution in [0.1, 0.15) is 15.2 Å². The van der Waals surface area contributed by atoms with E-state index < -0.39 is 0 Å². The molecule has 0 saturated carbocycles. The van der Waals surface area contributed by atoms with E-state index in [1.165, 1.54) is 18.4 Å². The van der Waals surface area contributed by atoms with Gasteiger partial charge in [0.1, 0.15) is 6.61 Å².